The predicted octanol–water partition coefficient (Wildman–Crippen LogP) is 12.8. The molecule has 0 spiro atoms. The van der Waals surface area contributed by atoms with Crippen LogP contribution in [0, 0.1) is 0 Å². The van der Waals surface area contributed by atoms with Gasteiger partial charge in [-0.1, -0.05) is 127 Å². The third kappa shape index (κ3) is 4.96. The molecule has 0 aliphatic rings. The maximum absolute atomic E-state index is 5.15. The van der Waals surface area contributed by atoms with Crippen LogP contribution in [0.5, 0.6) is 0 Å². The van der Waals surface area contributed by atoms with Crippen LogP contribution < -0.4 is 0 Å². The molecule has 6 nitrogen and oxygen atoms in total. The summed E-state index contributed by atoms with van der Waals surface area (Å²) in [4.78, 5) is 20.2. The number of thiophene rings is 1. The van der Waals surface area contributed by atoms with Gasteiger partial charge in [-0.15, -0.1) is 11.3 Å². The van der Waals surface area contributed by atoms with E-state index in [1.165, 1.54) is 42.0 Å². The van der Waals surface area contributed by atoms with E-state index in [2.05, 4.69) is 155 Å². The average Bonchev–Trinajstić information content (AvgIpc) is 3.94. The van der Waals surface area contributed by atoms with Gasteiger partial charge in [-0.25, -0.2) is 4.98 Å². The normalized spacial score (nSPS) is 11.9. The van der Waals surface area contributed by atoms with Gasteiger partial charge in [0, 0.05) is 65.6 Å². The molecule has 5 heterocycles. The van der Waals surface area contributed by atoms with Gasteiger partial charge in [0.05, 0.1) is 32.5 Å². The van der Waals surface area contributed by atoms with E-state index in [1.807, 2.05) is 36.5 Å². The molecule has 7 aromatic carbocycles. The average molecular weight is 747 g/mol. The van der Waals surface area contributed by atoms with Crippen molar-refractivity contribution in [2.75, 3.05) is 0 Å². The highest BCUT2D eigenvalue weighted by atomic mass is 32.1. The van der Waals surface area contributed by atoms with Crippen LogP contribution in [0.25, 0.3) is 109 Å². The fraction of sp³-hybridized carbons (Fsp3) is 0. The van der Waals surface area contributed by atoms with Crippen LogP contribution in [0.2, 0.25) is 0 Å². The molecule has 266 valence electrons. The lowest BCUT2D eigenvalue weighted by Gasteiger charge is -2.11. The summed E-state index contributed by atoms with van der Waals surface area (Å²) in [5.41, 5.74) is 9.50. The van der Waals surface area contributed by atoms with Crippen LogP contribution in [0.3, 0.4) is 0 Å². The summed E-state index contributed by atoms with van der Waals surface area (Å²) in [5.74, 6) is 1.81. The lowest BCUT2D eigenvalue weighted by molar-refractivity contribution is 0.953. The molecule has 5 aromatic heterocycles. The van der Waals surface area contributed by atoms with E-state index >= 15 is 0 Å². The van der Waals surface area contributed by atoms with Crippen molar-refractivity contribution in [2.45, 2.75) is 0 Å². The fourth-order valence-corrected chi connectivity index (χ4v) is 9.65. The summed E-state index contributed by atoms with van der Waals surface area (Å²) >= 11 is 1.79. The first-order valence-corrected chi connectivity index (χ1v) is 19.8. The third-order valence-corrected chi connectivity index (χ3v) is 12.3. The summed E-state index contributed by atoms with van der Waals surface area (Å²) in [6.45, 7) is 0. The minimum atomic E-state index is 0.581. The Morgan fingerprint density at radius 1 is 0.386 bits per heavy atom. The zero-order chi connectivity index (χ0) is 37.5. The number of para-hydroxylation sites is 4. The Bertz CT molecular complexity index is 3420. The molecule has 57 heavy (non-hydrogen) atoms. The molecule has 0 N–H and O–H groups in total. The van der Waals surface area contributed by atoms with E-state index in [4.69, 9.17) is 19.9 Å². The van der Waals surface area contributed by atoms with Gasteiger partial charge in [0.15, 0.2) is 11.6 Å². The molecule has 12 rings (SSSR count). The maximum atomic E-state index is 5.15. The topological polar surface area (TPSA) is 61.4 Å². The summed E-state index contributed by atoms with van der Waals surface area (Å²) in [6, 6.07) is 61.7. The molecule has 0 fully saturated rings. The number of aromatic nitrogens is 6. The highest BCUT2D eigenvalue weighted by molar-refractivity contribution is 7.26. The van der Waals surface area contributed by atoms with E-state index in [-0.39, 0.29) is 0 Å². The highest BCUT2D eigenvalue weighted by Crippen LogP contribution is 2.41. The minimum absolute atomic E-state index is 0.581. The summed E-state index contributed by atoms with van der Waals surface area (Å²) < 4.78 is 6.93. The number of nitrogens with zero attached hydrogens (tertiary/aromatic N) is 6. The van der Waals surface area contributed by atoms with Crippen molar-refractivity contribution in [2.24, 2.45) is 0 Å². The number of pyridine rings is 1. The zero-order valence-electron chi connectivity index (χ0n) is 30.4. The summed E-state index contributed by atoms with van der Waals surface area (Å²) in [5, 5.41) is 7.26. The number of hydrogen-bond acceptors (Lipinski definition) is 5. The van der Waals surface area contributed by atoms with E-state index in [1.54, 1.807) is 11.3 Å². The molecule has 0 saturated heterocycles. The number of benzene rings is 7. The monoisotopic (exact) mass is 746 g/mol. The standard InChI is InChI=1S/C50H30N6S/c1-2-12-32(13-3-1)48-52-49(54-50(53-48)56-43-20-10-6-16-37(43)38-17-7-11-21-44(38)56)33-24-22-31(23-25-33)46-47-39(28-29-51-46)40-30-34(26-27-45(40)57-47)55-41-18-8-4-14-35(41)36-15-5-9-19-42(36)55/h1-30H. The second kappa shape index (κ2) is 12.5. The summed E-state index contributed by atoms with van der Waals surface area (Å²) in [6.07, 6.45) is 1.93. The Labute approximate surface area is 330 Å². The minimum Gasteiger partial charge on any atom is -0.309 e. The van der Waals surface area contributed by atoms with Gasteiger partial charge in [-0.3, -0.25) is 9.55 Å². The Hall–Kier alpha value is -7.48. The molecule has 0 bridgehead atoms. The predicted molar refractivity (Wildman–Crippen MR) is 235 cm³/mol. The van der Waals surface area contributed by atoms with Gasteiger partial charge in [-0.05, 0) is 48.5 Å². The first-order valence-electron chi connectivity index (χ1n) is 19.0. The number of rotatable bonds is 5. The van der Waals surface area contributed by atoms with Crippen LogP contribution in [0.15, 0.2) is 182 Å². The Balaban J connectivity index is 0.975. The molecule has 0 radical (unpaired) electrons. The van der Waals surface area contributed by atoms with E-state index in [0.29, 0.717) is 17.6 Å². The molecule has 0 unspecified atom stereocenters. The van der Waals surface area contributed by atoms with Crippen molar-refractivity contribution >= 4 is 75.1 Å². The second-order valence-corrected chi connectivity index (χ2v) is 15.3. The first kappa shape index (κ1) is 31.8. The molecule has 0 saturated carbocycles. The van der Waals surface area contributed by atoms with Crippen molar-refractivity contribution in [3.05, 3.63) is 182 Å². The number of hydrogen-bond donors (Lipinski definition) is 0. The van der Waals surface area contributed by atoms with E-state index in [0.717, 1.165) is 49.9 Å². The van der Waals surface area contributed by atoms with Crippen LogP contribution in [0.4, 0.5) is 0 Å². The second-order valence-electron chi connectivity index (χ2n) is 14.3. The molecule has 0 atom stereocenters. The molecular weight excluding hydrogens is 717 g/mol. The van der Waals surface area contributed by atoms with Crippen molar-refractivity contribution in [3.63, 3.8) is 0 Å². The Morgan fingerprint density at radius 3 is 1.49 bits per heavy atom. The van der Waals surface area contributed by atoms with E-state index in [9.17, 15) is 0 Å². The van der Waals surface area contributed by atoms with Crippen LogP contribution >= 0.6 is 11.3 Å². The molecule has 0 aliphatic heterocycles. The van der Waals surface area contributed by atoms with Gasteiger partial charge in [0.2, 0.25) is 5.95 Å². The molecule has 0 aliphatic carbocycles. The Morgan fingerprint density at radius 2 is 0.895 bits per heavy atom. The maximum Gasteiger partial charge on any atom is 0.238 e. The van der Waals surface area contributed by atoms with Crippen molar-refractivity contribution in [1.29, 1.82) is 0 Å². The molecule has 12 aromatic rings. The van der Waals surface area contributed by atoms with Crippen LogP contribution in [-0.2, 0) is 0 Å². The quantitative estimate of drug-likeness (QED) is 0.176. The van der Waals surface area contributed by atoms with Crippen molar-refractivity contribution < 1.29 is 0 Å². The molecule has 7 heteroatoms. The van der Waals surface area contributed by atoms with Gasteiger partial charge >= 0.3 is 0 Å². The lowest BCUT2D eigenvalue weighted by Crippen LogP contribution is -2.06. The Kier molecular flexibility index (Phi) is 7.00. The van der Waals surface area contributed by atoms with Gasteiger partial charge < -0.3 is 4.57 Å². The third-order valence-electron chi connectivity index (χ3n) is 11.1. The van der Waals surface area contributed by atoms with Gasteiger partial charge in [0.1, 0.15) is 0 Å². The molecular formula is C50H30N6S. The summed E-state index contributed by atoms with van der Waals surface area (Å²) in [7, 11) is 0. The lowest BCUT2D eigenvalue weighted by atomic mass is 10.1. The van der Waals surface area contributed by atoms with Crippen LogP contribution in [-0.4, -0.2) is 29.1 Å². The molecule has 0 amide bonds. The van der Waals surface area contributed by atoms with Gasteiger partial charge in [-0.2, -0.15) is 9.97 Å². The SMILES string of the molecule is c1ccc(-c2nc(-c3ccc(-c4nccc5c4sc4ccc(-n6c7ccccc7c7ccccc76)cc45)cc3)nc(-n3c4ccccc4c4ccccc43)n2)cc1. The zero-order valence-corrected chi connectivity index (χ0v) is 31.2. The van der Waals surface area contributed by atoms with Crippen molar-refractivity contribution in [1.82, 2.24) is 29.1 Å². The largest absolute Gasteiger partial charge is 0.309 e. The number of fused-ring (bicyclic) bond motifs is 9. The highest BCUT2D eigenvalue weighted by Gasteiger charge is 2.19. The van der Waals surface area contributed by atoms with Crippen molar-refractivity contribution in [3.8, 4) is 45.7 Å². The van der Waals surface area contributed by atoms with Gasteiger partial charge in [0.25, 0.3) is 0 Å². The first-order chi connectivity index (χ1) is 28.3. The van der Waals surface area contributed by atoms with E-state index < -0.39 is 0 Å². The fourth-order valence-electron chi connectivity index (χ4n) is 8.46. The van der Waals surface area contributed by atoms with Crippen LogP contribution in [0.1, 0.15) is 0 Å². The smallest absolute Gasteiger partial charge is 0.238 e.